The number of amides is 3. The number of benzene rings is 3. The minimum absolute atomic E-state index is 0.135. The van der Waals surface area contributed by atoms with E-state index in [1.807, 2.05) is 32.0 Å². The van der Waals surface area contributed by atoms with Gasteiger partial charge in [0.2, 0.25) is 0 Å². The largest absolute Gasteiger partial charge is 0.492 e. The lowest BCUT2D eigenvalue weighted by Gasteiger charge is -2.13. The van der Waals surface area contributed by atoms with Crippen LogP contribution in [-0.2, 0) is 9.59 Å². The van der Waals surface area contributed by atoms with Gasteiger partial charge in [0.05, 0.1) is 11.4 Å². The van der Waals surface area contributed by atoms with Crippen LogP contribution >= 0.6 is 23.4 Å². The van der Waals surface area contributed by atoms with E-state index in [0.29, 0.717) is 21.4 Å². The number of hydrogen-bond donors (Lipinski definition) is 1. The Hall–Kier alpha value is -3.75. The van der Waals surface area contributed by atoms with Gasteiger partial charge in [0.25, 0.3) is 17.1 Å². The van der Waals surface area contributed by atoms with Crippen LogP contribution in [-0.4, -0.2) is 41.7 Å². The summed E-state index contributed by atoms with van der Waals surface area (Å²) in [5, 5.41) is 3.10. The molecule has 190 valence electrons. The highest BCUT2D eigenvalue weighted by Gasteiger charge is 2.34. The summed E-state index contributed by atoms with van der Waals surface area (Å²) in [7, 11) is 0. The van der Waals surface area contributed by atoms with Gasteiger partial charge in [-0.25, -0.2) is 0 Å². The second kappa shape index (κ2) is 12.0. The number of nitrogens with one attached hydrogen (secondary N) is 1. The first kappa shape index (κ1) is 26.3. The van der Waals surface area contributed by atoms with Crippen LogP contribution in [0.15, 0.2) is 71.6 Å². The average molecular weight is 537 g/mol. The molecule has 0 saturated carbocycles. The molecule has 3 aromatic carbocycles. The van der Waals surface area contributed by atoms with Crippen LogP contribution in [0.4, 0.5) is 10.5 Å². The molecule has 0 aliphatic carbocycles. The molecule has 0 bridgehead atoms. The Kier molecular flexibility index (Phi) is 8.53. The predicted octanol–water partition coefficient (Wildman–Crippen LogP) is 6.09. The zero-order chi connectivity index (χ0) is 26.4. The third kappa shape index (κ3) is 7.15. The fourth-order valence-electron chi connectivity index (χ4n) is 3.58. The van der Waals surface area contributed by atoms with Crippen LogP contribution in [0, 0.1) is 13.8 Å². The normalized spacial score (nSPS) is 14.2. The van der Waals surface area contributed by atoms with Gasteiger partial charge in [0.1, 0.15) is 18.1 Å². The van der Waals surface area contributed by atoms with Crippen molar-refractivity contribution in [3.8, 4) is 11.5 Å². The third-order valence-corrected chi connectivity index (χ3v) is 6.63. The van der Waals surface area contributed by atoms with Gasteiger partial charge in [-0.3, -0.25) is 19.3 Å². The average Bonchev–Trinajstić information content (AvgIpc) is 3.14. The van der Waals surface area contributed by atoms with Crippen molar-refractivity contribution in [1.29, 1.82) is 0 Å². The Balaban J connectivity index is 1.28. The fourth-order valence-corrected chi connectivity index (χ4v) is 4.57. The summed E-state index contributed by atoms with van der Waals surface area (Å²) in [5.74, 6) is 0.500. The van der Waals surface area contributed by atoms with Crippen molar-refractivity contribution in [1.82, 2.24) is 4.90 Å². The van der Waals surface area contributed by atoms with E-state index in [-0.39, 0.29) is 36.8 Å². The molecule has 7 nitrogen and oxygen atoms in total. The van der Waals surface area contributed by atoms with E-state index >= 15 is 0 Å². The number of anilines is 1. The molecule has 37 heavy (non-hydrogen) atoms. The summed E-state index contributed by atoms with van der Waals surface area (Å²) in [5.41, 5.74) is 3.59. The Morgan fingerprint density at radius 1 is 0.973 bits per heavy atom. The monoisotopic (exact) mass is 536 g/mol. The fraction of sp³-hybridized carbons (Fsp3) is 0.179. The number of rotatable bonds is 9. The van der Waals surface area contributed by atoms with Gasteiger partial charge in [-0.05, 0) is 85.3 Å². The van der Waals surface area contributed by atoms with Gasteiger partial charge in [0.15, 0.2) is 6.61 Å². The second-order valence-electron chi connectivity index (χ2n) is 8.36. The molecule has 1 N–H and O–H groups in total. The molecule has 1 aliphatic rings. The van der Waals surface area contributed by atoms with Crippen molar-refractivity contribution < 1.29 is 23.9 Å². The molecule has 1 saturated heterocycles. The molecular formula is C28H25ClN2O5S. The Labute approximate surface area is 224 Å². The number of ether oxygens (including phenoxy) is 2. The van der Waals surface area contributed by atoms with Gasteiger partial charge in [-0.15, -0.1) is 0 Å². The standard InChI is InChI=1S/C28H25ClN2O5S/c1-18-3-12-24(19(2)15-18)30-26(32)17-36-23-8-4-20(5-9-23)16-25-27(33)31(28(34)37-25)13-14-35-22-10-6-21(29)7-11-22/h3-12,15-16H,13-14,17H2,1-2H3,(H,30,32)/b25-16-. The number of halogens is 1. The number of imide groups is 1. The molecule has 0 aromatic heterocycles. The lowest BCUT2D eigenvalue weighted by atomic mass is 10.1. The highest BCUT2D eigenvalue weighted by molar-refractivity contribution is 8.18. The smallest absolute Gasteiger partial charge is 0.293 e. The zero-order valence-corrected chi connectivity index (χ0v) is 21.9. The molecule has 0 radical (unpaired) electrons. The molecule has 1 fully saturated rings. The molecule has 1 heterocycles. The topological polar surface area (TPSA) is 84.9 Å². The van der Waals surface area contributed by atoms with Crippen molar-refractivity contribution >= 4 is 52.2 Å². The van der Waals surface area contributed by atoms with Crippen molar-refractivity contribution in [2.75, 3.05) is 25.1 Å². The van der Waals surface area contributed by atoms with E-state index in [1.54, 1.807) is 54.6 Å². The zero-order valence-electron chi connectivity index (χ0n) is 20.3. The Morgan fingerprint density at radius 3 is 2.35 bits per heavy atom. The van der Waals surface area contributed by atoms with Crippen molar-refractivity contribution in [2.24, 2.45) is 0 Å². The second-order valence-corrected chi connectivity index (χ2v) is 9.79. The van der Waals surface area contributed by atoms with Crippen LogP contribution in [0.5, 0.6) is 11.5 Å². The van der Waals surface area contributed by atoms with Crippen molar-refractivity contribution in [2.45, 2.75) is 13.8 Å². The number of carbonyl (C=O) groups is 3. The summed E-state index contributed by atoms with van der Waals surface area (Å²) >= 11 is 6.74. The maximum Gasteiger partial charge on any atom is 0.293 e. The molecular weight excluding hydrogens is 512 g/mol. The number of carbonyl (C=O) groups excluding carboxylic acids is 3. The molecule has 9 heteroatoms. The van der Waals surface area contributed by atoms with E-state index in [0.717, 1.165) is 39.0 Å². The SMILES string of the molecule is Cc1ccc(NC(=O)COc2ccc(/C=C3\SC(=O)N(CCOc4ccc(Cl)cc4)C3=O)cc2)c(C)c1. The maximum absolute atomic E-state index is 12.7. The van der Waals surface area contributed by atoms with Crippen LogP contribution in [0.1, 0.15) is 16.7 Å². The predicted molar refractivity (Wildman–Crippen MR) is 146 cm³/mol. The van der Waals surface area contributed by atoms with E-state index in [4.69, 9.17) is 21.1 Å². The molecule has 3 aromatic rings. The lowest BCUT2D eigenvalue weighted by Crippen LogP contribution is -2.32. The van der Waals surface area contributed by atoms with Gasteiger partial charge < -0.3 is 14.8 Å². The minimum Gasteiger partial charge on any atom is -0.492 e. The summed E-state index contributed by atoms with van der Waals surface area (Å²) in [6.45, 7) is 4.11. The molecule has 0 atom stereocenters. The van der Waals surface area contributed by atoms with E-state index in [1.165, 1.54) is 0 Å². The first-order valence-electron chi connectivity index (χ1n) is 11.5. The van der Waals surface area contributed by atoms with Crippen molar-refractivity contribution in [3.63, 3.8) is 0 Å². The number of nitrogens with zero attached hydrogens (tertiary/aromatic N) is 1. The number of hydrogen-bond acceptors (Lipinski definition) is 6. The first-order valence-corrected chi connectivity index (χ1v) is 12.7. The minimum atomic E-state index is -0.363. The molecule has 4 rings (SSSR count). The number of thioether (sulfide) groups is 1. The summed E-state index contributed by atoms with van der Waals surface area (Å²) < 4.78 is 11.2. The van der Waals surface area contributed by atoms with Crippen molar-refractivity contribution in [3.05, 3.63) is 93.3 Å². The molecule has 0 spiro atoms. The van der Waals surface area contributed by atoms with Crippen LogP contribution in [0.3, 0.4) is 0 Å². The first-order chi connectivity index (χ1) is 17.8. The Bertz CT molecular complexity index is 1340. The summed E-state index contributed by atoms with van der Waals surface area (Å²) in [4.78, 5) is 38.8. The highest BCUT2D eigenvalue weighted by Crippen LogP contribution is 2.32. The summed E-state index contributed by atoms with van der Waals surface area (Å²) in [6.07, 6.45) is 1.65. The van der Waals surface area contributed by atoms with Crippen LogP contribution < -0.4 is 14.8 Å². The summed E-state index contributed by atoms with van der Waals surface area (Å²) in [6, 6.07) is 19.6. The third-order valence-electron chi connectivity index (χ3n) is 5.47. The quantitative estimate of drug-likeness (QED) is 0.333. The highest BCUT2D eigenvalue weighted by atomic mass is 35.5. The molecule has 0 unspecified atom stereocenters. The van der Waals surface area contributed by atoms with Gasteiger partial charge in [-0.1, -0.05) is 41.4 Å². The molecule has 3 amide bonds. The van der Waals surface area contributed by atoms with E-state index in [9.17, 15) is 14.4 Å². The van der Waals surface area contributed by atoms with Gasteiger partial charge in [-0.2, -0.15) is 0 Å². The Morgan fingerprint density at radius 2 is 1.65 bits per heavy atom. The van der Waals surface area contributed by atoms with Crippen LogP contribution in [0.2, 0.25) is 5.02 Å². The van der Waals surface area contributed by atoms with Crippen LogP contribution in [0.25, 0.3) is 6.08 Å². The van der Waals surface area contributed by atoms with Gasteiger partial charge in [0, 0.05) is 10.7 Å². The lowest BCUT2D eigenvalue weighted by molar-refractivity contribution is -0.123. The van der Waals surface area contributed by atoms with E-state index < -0.39 is 0 Å². The maximum atomic E-state index is 12.7. The molecule has 1 aliphatic heterocycles. The van der Waals surface area contributed by atoms with Gasteiger partial charge >= 0.3 is 0 Å². The number of aryl methyl sites for hydroxylation is 2. The van der Waals surface area contributed by atoms with E-state index in [2.05, 4.69) is 5.32 Å².